The summed E-state index contributed by atoms with van der Waals surface area (Å²) >= 11 is 0. The summed E-state index contributed by atoms with van der Waals surface area (Å²) in [4.78, 5) is 14.0. The van der Waals surface area contributed by atoms with Crippen LogP contribution < -0.4 is 10.1 Å². The second-order valence-electron chi connectivity index (χ2n) is 5.35. The second kappa shape index (κ2) is 7.98. The lowest BCUT2D eigenvalue weighted by atomic mass is 10.1. The number of hydrogen-bond donors (Lipinski definition) is 1. The van der Waals surface area contributed by atoms with Crippen molar-refractivity contribution in [3.8, 4) is 5.75 Å². The number of hydrogen-bond acceptors (Lipinski definition) is 3. The monoisotopic (exact) mass is 294 g/mol. The predicted octanol–water partition coefficient (Wildman–Crippen LogP) is 2.20. The van der Waals surface area contributed by atoms with E-state index in [0.717, 1.165) is 25.9 Å². The number of carbonyl (C=O) groups is 1. The normalized spacial score (nSPS) is 18.6. The molecule has 1 fully saturated rings. The molecule has 21 heavy (non-hydrogen) atoms. The highest BCUT2D eigenvalue weighted by Gasteiger charge is 2.21. The van der Waals surface area contributed by atoms with Crippen molar-refractivity contribution < 1.29 is 13.9 Å². The van der Waals surface area contributed by atoms with Crippen LogP contribution >= 0.6 is 0 Å². The Bertz CT molecular complexity index is 467. The average Bonchev–Trinajstić information content (AvgIpc) is 2.53. The van der Waals surface area contributed by atoms with Crippen LogP contribution in [-0.2, 0) is 4.79 Å². The van der Waals surface area contributed by atoms with E-state index >= 15 is 0 Å². The van der Waals surface area contributed by atoms with Gasteiger partial charge in [0.2, 0.25) is 5.91 Å². The summed E-state index contributed by atoms with van der Waals surface area (Å²) in [6.07, 6.45) is 3.22. The third kappa shape index (κ3) is 4.70. The zero-order valence-electron chi connectivity index (χ0n) is 12.5. The minimum Gasteiger partial charge on any atom is -0.491 e. The molecule has 1 atom stereocenters. The summed E-state index contributed by atoms with van der Waals surface area (Å²) in [5.74, 6) is 0.0435. The summed E-state index contributed by atoms with van der Waals surface area (Å²) in [5, 5.41) is 3.22. The number of likely N-dealkylation sites (N-methyl/N-ethyl adjacent to an activating group) is 1. The summed E-state index contributed by atoms with van der Waals surface area (Å²) in [5.41, 5.74) is 0. The van der Waals surface area contributed by atoms with Crippen molar-refractivity contribution in [2.45, 2.75) is 31.7 Å². The molecule has 1 saturated heterocycles. The van der Waals surface area contributed by atoms with E-state index in [1.54, 1.807) is 18.2 Å². The number of halogens is 1. The van der Waals surface area contributed by atoms with Crippen LogP contribution in [0, 0.1) is 5.82 Å². The zero-order valence-corrected chi connectivity index (χ0v) is 12.5. The van der Waals surface area contributed by atoms with Gasteiger partial charge in [-0.25, -0.2) is 4.39 Å². The van der Waals surface area contributed by atoms with Gasteiger partial charge in [-0.3, -0.25) is 4.79 Å². The first-order valence-electron chi connectivity index (χ1n) is 7.53. The fourth-order valence-electron chi connectivity index (χ4n) is 2.56. The van der Waals surface area contributed by atoms with Crippen LogP contribution in [0.3, 0.4) is 0 Å². The molecule has 0 saturated carbocycles. The van der Waals surface area contributed by atoms with Gasteiger partial charge in [-0.1, -0.05) is 12.1 Å². The molecule has 1 N–H and O–H groups in total. The van der Waals surface area contributed by atoms with Crippen molar-refractivity contribution in [2.24, 2.45) is 0 Å². The van der Waals surface area contributed by atoms with Gasteiger partial charge in [0.25, 0.3) is 0 Å². The van der Waals surface area contributed by atoms with E-state index in [-0.39, 0.29) is 17.5 Å². The van der Waals surface area contributed by atoms with Crippen molar-refractivity contribution in [1.29, 1.82) is 0 Å². The van der Waals surface area contributed by atoms with Crippen LogP contribution in [0.2, 0.25) is 0 Å². The topological polar surface area (TPSA) is 41.6 Å². The number of likely N-dealkylation sites (tertiary alicyclic amines) is 1. The largest absolute Gasteiger partial charge is 0.491 e. The fourth-order valence-corrected chi connectivity index (χ4v) is 2.56. The van der Waals surface area contributed by atoms with Gasteiger partial charge in [-0.2, -0.15) is 0 Å². The van der Waals surface area contributed by atoms with E-state index in [9.17, 15) is 9.18 Å². The molecule has 2 rings (SSSR count). The van der Waals surface area contributed by atoms with Crippen LogP contribution in [0.15, 0.2) is 24.3 Å². The SMILES string of the molecule is CN[C@H]1CCCN(C(=O)CCCOc2ccccc2F)C1. The highest BCUT2D eigenvalue weighted by molar-refractivity contribution is 5.76. The second-order valence-corrected chi connectivity index (χ2v) is 5.35. The van der Waals surface area contributed by atoms with Crippen LogP contribution in [-0.4, -0.2) is 43.6 Å². The minimum absolute atomic E-state index is 0.159. The molecule has 0 unspecified atom stereocenters. The third-order valence-corrected chi connectivity index (χ3v) is 3.81. The zero-order chi connectivity index (χ0) is 15.1. The fraction of sp³-hybridized carbons (Fsp3) is 0.562. The average molecular weight is 294 g/mol. The molecule has 116 valence electrons. The van der Waals surface area contributed by atoms with E-state index in [1.165, 1.54) is 6.07 Å². The molecule has 1 aromatic rings. The molecule has 1 amide bonds. The number of amides is 1. The van der Waals surface area contributed by atoms with E-state index in [1.807, 2.05) is 11.9 Å². The lowest BCUT2D eigenvalue weighted by Crippen LogP contribution is -2.46. The first kappa shape index (κ1) is 15.8. The third-order valence-electron chi connectivity index (χ3n) is 3.81. The summed E-state index contributed by atoms with van der Waals surface area (Å²) in [6.45, 7) is 1.98. The first-order chi connectivity index (χ1) is 10.2. The quantitative estimate of drug-likeness (QED) is 0.818. The van der Waals surface area contributed by atoms with Crippen molar-refractivity contribution >= 4 is 5.91 Å². The highest BCUT2D eigenvalue weighted by atomic mass is 19.1. The predicted molar refractivity (Wildman–Crippen MR) is 79.8 cm³/mol. The maximum Gasteiger partial charge on any atom is 0.222 e. The van der Waals surface area contributed by atoms with Gasteiger partial charge in [0.15, 0.2) is 11.6 Å². The number of benzene rings is 1. The molecule has 1 aromatic carbocycles. The number of para-hydroxylation sites is 1. The van der Waals surface area contributed by atoms with Crippen LogP contribution in [0.4, 0.5) is 4.39 Å². The van der Waals surface area contributed by atoms with E-state index in [2.05, 4.69) is 5.32 Å². The van der Waals surface area contributed by atoms with Gasteiger partial charge in [0.05, 0.1) is 6.61 Å². The molecule has 0 aromatic heterocycles. The van der Waals surface area contributed by atoms with Crippen LogP contribution in [0.25, 0.3) is 0 Å². The van der Waals surface area contributed by atoms with E-state index in [0.29, 0.717) is 25.5 Å². The standard InChI is InChI=1S/C16H23FN2O2/c1-18-13-6-4-10-19(12-13)16(20)9-5-11-21-15-8-3-2-7-14(15)17/h2-3,7-8,13,18H,4-6,9-12H2,1H3/t13-/m0/s1. The molecule has 0 spiro atoms. The van der Waals surface area contributed by atoms with Gasteiger partial charge in [-0.05, 0) is 38.4 Å². The van der Waals surface area contributed by atoms with Gasteiger partial charge in [0, 0.05) is 25.6 Å². The molecular formula is C16H23FN2O2. The first-order valence-corrected chi connectivity index (χ1v) is 7.53. The van der Waals surface area contributed by atoms with Gasteiger partial charge in [0.1, 0.15) is 0 Å². The van der Waals surface area contributed by atoms with Crippen LogP contribution in [0.1, 0.15) is 25.7 Å². The minimum atomic E-state index is -0.364. The Morgan fingerprint density at radius 3 is 3.05 bits per heavy atom. The Kier molecular flexibility index (Phi) is 5.99. The summed E-state index contributed by atoms with van der Waals surface area (Å²) < 4.78 is 18.7. The molecular weight excluding hydrogens is 271 g/mol. The molecule has 4 nitrogen and oxygen atoms in total. The molecule has 1 aliphatic rings. The Morgan fingerprint density at radius 1 is 1.48 bits per heavy atom. The molecule has 0 radical (unpaired) electrons. The van der Waals surface area contributed by atoms with Crippen LogP contribution in [0.5, 0.6) is 5.75 Å². The lowest BCUT2D eigenvalue weighted by Gasteiger charge is -2.32. The molecule has 0 aliphatic carbocycles. The van der Waals surface area contributed by atoms with E-state index in [4.69, 9.17) is 4.74 Å². The number of nitrogens with one attached hydrogen (secondary N) is 1. The smallest absolute Gasteiger partial charge is 0.222 e. The highest BCUT2D eigenvalue weighted by Crippen LogP contribution is 2.16. The van der Waals surface area contributed by atoms with Crippen molar-refractivity contribution in [1.82, 2.24) is 10.2 Å². The summed E-state index contributed by atoms with van der Waals surface area (Å²) in [6, 6.07) is 6.72. The maximum absolute atomic E-state index is 13.3. The molecule has 1 aliphatic heterocycles. The Labute approximate surface area is 125 Å². The molecule has 0 bridgehead atoms. The lowest BCUT2D eigenvalue weighted by molar-refractivity contribution is -0.132. The van der Waals surface area contributed by atoms with Gasteiger partial charge in [-0.15, -0.1) is 0 Å². The maximum atomic E-state index is 13.3. The molecule has 1 heterocycles. The van der Waals surface area contributed by atoms with Crippen molar-refractivity contribution in [3.05, 3.63) is 30.1 Å². The Hall–Kier alpha value is -1.62. The Balaban J connectivity index is 1.68. The number of rotatable bonds is 6. The summed E-state index contributed by atoms with van der Waals surface area (Å²) in [7, 11) is 1.93. The number of ether oxygens (including phenoxy) is 1. The van der Waals surface area contributed by atoms with Gasteiger partial charge < -0.3 is 15.0 Å². The van der Waals surface area contributed by atoms with E-state index < -0.39 is 0 Å². The van der Waals surface area contributed by atoms with Crippen molar-refractivity contribution in [2.75, 3.05) is 26.7 Å². The van der Waals surface area contributed by atoms with Gasteiger partial charge >= 0.3 is 0 Å². The molecule has 5 heteroatoms. The number of carbonyl (C=O) groups excluding carboxylic acids is 1. The van der Waals surface area contributed by atoms with Crippen molar-refractivity contribution in [3.63, 3.8) is 0 Å². The Morgan fingerprint density at radius 2 is 2.29 bits per heavy atom. The number of nitrogens with zero attached hydrogens (tertiary/aromatic N) is 1. The number of piperidine rings is 1.